The maximum absolute atomic E-state index is 13.5. The van der Waals surface area contributed by atoms with E-state index in [1.807, 2.05) is 81.7 Å². The smallest absolute Gasteiger partial charge is 0.272 e. The summed E-state index contributed by atoms with van der Waals surface area (Å²) in [5, 5.41) is 12.6. The van der Waals surface area contributed by atoms with Crippen LogP contribution in [-0.2, 0) is 7.05 Å². The van der Waals surface area contributed by atoms with Crippen LogP contribution in [0, 0.1) is 18.8 Å². The fraction of sp³-hybridized carbons (Fsp3) is 0.129. The van der Waals surface area contributed by atoms with Gasteiger partial charge in [-0.05, 0) is 38.1 Å². The standard InChI is InChI=1S/C31H25N7O/c1-20(35-31(39)30-21(2)34-27-13-8-16-32-38(27)30)26-17-25-12-7-11-24(15-14-22-18-33-37(3)19-22)28(25)36-29(26)23-9-5-4-6-10-23/h4-13,16-20H,1-3H3,(H,35,39). The van der Waals surface area contributed by atoms with Gasteiger partial charge in [0.1, 0.15) is 0 Å². The number of hydrogen-bond donors (Lipinski definition) is 1. The van der Waals surface area contributed by atoms with Gasteiger partial charge in [0.05, 0.1) is 40.3 Å². The molecular weight excluding hydrogens is 486 g/mol. The monoisotopic (exact) mass is 511 g/mol. The lowest BCUT2D eigenvalue weighted by Gasteiger charge is -2.19. The van der Waals surface area contributed by atoms with Crippen molar-refractivity contribution in [2.24, 2.45) is 7.05 Å². The van der Waals surface area contributed by atoms with Gasteiger partial charge in [-0.2, -0.15) is 10.2 Å². The second kappa shape index (κ2) is 9.88. The topological polar surface area (TPSA) is 90.0 Å². The van der Waals surface area contributed by atoms with Crippen molar-refractivity contribution in [1.82, 2.24) is 34.7 Å². The number of rotatable bonds is 4. The molecule has 0 bridgehead atoms. The van der Waals surface area contributed by atoms with E-state index in [1.54, 1.807) is 27.7 Å². The number of benzene rings is 2. The van der Waals surface area contributed by atoms with E-state index in [4.69, 9.17) is 4.98 Å². The third-order valence-corrected chi connectivity index (χ3v) is 6.57. The molecule has 1 amide bonds. The number of nitrogens with zero attached hydrogens (tertiary/aromatic N) is 6. The molecule has 1 unspecified atom stereocenters. The van der Waals surface area contributed by atoms with Crippen LogP contribution >= 0.6 is 0 Å². The third kappa shape index (κ3) is 4.62. The van der Waals surface area contributed by atoms with Crippen molar-refractivity contribution in [2.75, 3.05) is 0 Å². The molecule has 4 heterocycles. The predicted molar refractivity (Wildman–Crippen MR) is 150 cm³/mol. The fourth-order valence-corrected chi connectivity index (χ4v) is 4.70. The number of nitrogens with one attached hydrogen (secondary N) is 1. The van der Waals surface area contributed by atoms with Crippen molar-refractivity contribution < 1.29 is 4.79 Å². The Kier molecular flexibility index (Phi) is 6.10. The van der Waals surface area contributed by atoms with Crippen LogP contribution in [0.5, 0.6) is 0 Å². The molecule has 4 aromatic heterocycles. The Morgan fingerprint density at radius 1 is 0.974 bits per heavy atom. The number of pyridine rings is 1. The molecule has 190 valence electrons. The zero-order valence-corrected chi connectivity index (χ0v) is 21.8. The van der Waals surface area contributed by atoms with Crippen molar-refractivity contribution >= 4 is 22.5 Å². The zero-order chi connectivity index (χ0) is 26.9. The second-order valence-corrected chi connectivity index (χ2v) is 9.36. The van der Waals surface area contributed by atoms with E-state index in [0.717, 1.165) is 38.9 Å². The van der Waals surface area contributed by atoms with Gasteiger partial charge in [-0.15, -0.1) is 0 Å². The Hall–Kier alpha value is -5.29. The predicted octanol–water partition coefficient (Wildman–Crippen LogP) is 4.88. The molecule has 6 aromatic rings. The summed E-state index contributed by atoms with van der Waals surface area (Å²) in [6, 6.07) is 21.3. The molecule has 0 aliphatic heterocycles. The number of hydrogen-bond acceptors (Lipinski definition) is 5. The van der Waals surface area contributed by atoms with E-state index in [0.29, 0.717) is 17.0 Å². The lowest BCUT2D eigenvalue weighted by Crippen LogP contribution is -2.29. The summed E-state index contributed by atoms with van der Waals surface area (Å²) in [6.45, 7) is 3.78. The Bertz CT molecular complexity index is 1910. The highest BCUT2D eigenvalue weighted by Gasteiger charge is 2.22. The van der Waals surface area contributed by atoms with Gasteiger partial charge < -0.3 is 5.32 Å². The first-order chi connectivity index (χ1) is 19.0. The van der Waals surface area contributed by atoms with Gasteiger partial charge in [-0.1, -0.05) is 54.3 Å². The number of aromatic nitrogens is 6. The average molecular weight is 512 g/mol. The van der Waals surface area contributed by atoms with Crippen molar-refractivity contribution in [2.45, 2.75) is 19.9 Å². The summed E-state index contributed by atoms with van der Waals surface area (Å²) in [7, 11) is 1.87. The van der Waals surface area contributed by atoms with Gasteiger partial charge in [0.2, 0.25) is 0 Å². The lowest BCUT2D eigenvalue weighted by molar-refractivity contribution is 0.0932. The summed E-state index contributed by atoms with van der Waals surface area (Å²) in [4.78, 5) is 23.1. The third-order valence-electron chi connectivity index (χ3n) is 6.57. The van der Waals surface area contributed by atoms with Crippen LogP contribution in [0.15, 0.2) is 85.3 Å². The first-order valence-electron chi connectivity index (χ1n) is 12.6. The number of amides is 1. The van der Waals surface area contributed by atoms with E-state index in [9.17, 15) is 4.79 Å². The number of imidazole rings is 1. The minimum Gasteiger partial charge on any atom is -0.344 e. The molecule has 8 heteroatoms. The number of fused-ring (bicyclic) bond motifs is 2. The Balaban J connectivity index is 1.43. The van der Waals surface area contributed by atoms with E-state index in [1.165, 1.54) is 0 Å². The van der Waals surface area contributed by atoms with Crippen molar-refractivity contribution in [1.29, 1.82) is 0 Å². The zero-order valence-electron chi connectivity index (χ0n) is 21.8. The fourth-order valence-electron chi connectivity index (χ4n) is 4.70. The van der Waals surface area contributed by atoms with Crippen molar-refractivity contribution in [3.63, 3.8) is 0 Å². The maximum Gasteiger partial charge on any atom is 0.272 e. The summed E-state index contributed by atoms with van der Waals surface area (Å²) in [5.74, 6) is 6.21. The van der Waals surface area contributed by atoms with E-state index in [2.05, 4.69) is 38.4 Å². The molecule has 0 fully saturated rings. The minimum atomic E-state index is -0.344. The number of aryl methyl sites for hydroxylation is 2. The number of carbonyl (C=O) groups excluding carboxylic acids is 1. The van der Waals surface area contributed by atoms with Gasteiger partial charge >= 0.3 is 0 Å². The largest absolute Gasteiger partial charge is 0.344 e. The molecule has 0 aliphatic rings. The summed E-state index contributed by atoms with van der Waals surface area (Å²) in [6.07, 6.45) is 5.26. The molecule has 0 radical (unpaired) electrons. The highest BCUT2D eigenvalue weighted by atomic mass is 16.2. The molecule has 1 atom stereocenters. The molecule has 1 N–H and O–H groups in total. The summed E-state index contributed by atoms with van der Waals surface area (Å²) in [5.41, 5.74) is 6.78. The number of carbonyl (C=O) groups is 1. The second-order valence-electron chi connectivity index (χ2n) is 9.36. The number of para-hydroxylation sites is 1. The molecule has 6 rings (SSSR count). The molecule has 8 nitrogen and oxygen atoms in total. The van der Waals surface area contributed by atoms with E-state index >= 15 is 0 Å². The first-order valence-corrected chi connectivity index (χ1v) is 12.6. The Morgan fingerprint density at radius 2 is 1.82 bits per heavy atom. The van der Waals surface area contributed by atoms with Crippen LogP contribution < -0.4 is 5.32 Å². The van der Waals surface area contributed by atoms with Gasteiger partial charge in [-0.25, -0.2) is 14.5 Å². The minimum absolute atomic E-state index is 0.249. The normalized spacial score (nSPS) is 11.8. The highest BCUT2D eigenvalue weighted by molar-refractivity contribution is 5.95. The van der Waals surface area contributed by atoms with Crippen LogP contribution in [0.2, 0.25) is 0 Å². The molecule has 0 saturated heterocycles. The highest BCUT2D eigenvalue weighted by Crippen LogP contribution is 2.31. The van der Waals surface area contributed by atoms with Gasteiger partial charge in [0, 0.05) is 36.0 Å². The van der Waals surface area contributed by atoms with Crippen LogP contribution in [0.4, 0.5) is 0 Å². The van der Waals surface area contributed by atoms with Crippen molar-refractivity contribution in [3.8, 4) is 23.1 Å². The van der Waals surface area contributed by atoms with Crippen LogP contribution in [-0.4, -0.2) is 35.3 Å². The lowest BCUT2D eigenvalue weighted by atomic mass is 9.97. The van der Waals surface area contributed by atoms with Gasteiger partial charge in [0.25, 0.3) is 5.91 Å². The van der Waals surface area contributed by atoms with Crippen molar-refractivity contribution in [3.05, 3.63) is 113 Å². The van der Waals surface area contributed by atoms with Crippen LogP contribution in [0.25, 0.3) is 27.8 Å². The quantitative estimate of drug-likeness (QED) is 0.341. The molecule has 0 saturated carbocycles. The molecule has 0 spiro atoms. The Labute approximate surface area is 225 Å². The molecule has 0 aliphatic carbocycles. The Morgan fingerprint density at radius 3 is 2.62 bits per heavy atom. The van der Waals surface area contributed by atoms with Gasteiger partial charge in [0.15, 0.2) is 11.3 Å². The van der Waals surface area contributed by atoms with Crippen LogP contribution in [0.1, 0.15) is 45.8 Å². The summed E-state index contributed by atoms with van der Waals surface area (Å²) < 4.78 is 3.30. The SMILES string of the molecule is Cc1nc2cccnn2c1C(=O)NC(C)c1cc2cccc(C#Cc3cnn(C)c3)c2nc1-c1ccccc1. The van der Waals surface area contributed by atoms with E-state index in [-0.39, 0.29) is 11.9 Å². The molecule has 2 aromatic carbocycles. The van der Waals surface area contributed by atoms with Crippen LogP contribution in [0.3, 0.4) is 0 Å². The van der Waals surface area contributed by atoms with E-state index < -0.39 is 0 Å². The average Bonchev–Trinajstić information content (AvgIpc) is 3.52. The summed E-state index contributed by atoms with van der Waals surface area (Å²) >= 11 is 0. The first kappa shape index (κ1) is 24.1. The molecular formula is C31H25N7O. The maximum atomic E-state index is 13.5. The van der Waals surface area contributed by atoms with Gasteiger partial charge in [-0.3, -0.25) is 9.48 Å². The molecule has 39 heavy (non-hydrogen) atoms.